The van der Waals surface area contributed by atoms with E-state index in [2.05, 4.69) is 10.6 Å². The van der Waals surface area contributed by atoms with Crippen LogP contribution in [0.3, 0.4) is 0 Å². The Labute approximate surface area is 112 Å². The van der Waals surface area contributed by atoms with E-state index in [-0.39, 0.29) is 12.5 Å². The zero-order valence-electron chi connectivity index (χ0n) is 10.5. The highest BCUT2D eigenvalue weighted by molar-refractivity contribution is 6.33. The Bertz CT molecular complexity index is 466. The molecule has 0 heterocycles. The molecular weight excluding hydrogens is 250 g/mol. The Hall–Kier alpha value is -1.73. The first-order chi connectivity index (χ1) is 8.54. The lowest BCUT2D eigenvalue weighted by molar-refractivity contribution is -0.119. The third-order valence-corrected chi connectivity index (χ3v) is 2.58. The van der Waals surface area contributed by atoms with Gasteiger partial charge in [0.15, 0.2) is 0 Å². The summed E-state index contributed by atoms with van der Waals surface area (Å²) in [6, 6.07) is 7.06. The van der Waals surface area contributed by atoms with Gasteiger partial charge in [-0.1, -0.05) is 31.5 Å². The number of rotatable bonds is 5. The van der Waals surface area contributed by atoms with Crippen molar-refractivity contribution in [3.8, 4) is 6.07 Å². The second kappa shape index (κ2) is 6.87. The fourth-order valence-corrected chi connectivity index (χ4v) is 1.59. The Morgan fingerprint density at radius 2 is 2.22 bits per heavy atom. The molecule has 0 atom stereocenters. The molecule has 0 saturated carbocycles. The minimum absolute atomic E-state index is 0.102. The molecule has 1 rings (SSSR count). The molecule has 0 unspecified atom stereocenters. The number of hydrogen-bond donors (Lipinski definition) is 2. The molecule has 2 N–H and O–H groups in total. The zero-order valence-corrected chi connectivity index (χ0v) is 11.2. The second-order valence-electron chi connectivity index (χ2n) is 4.33. The molecule has 0 radical (unpaired) electrons. The van der Waals surface area contributed by atoms with Crippen molar-refractivity contribution < 1.29 is 4.79 Å². The van der Waals surface area contributed by atoms with Gasteiger partial charge in [-0.15, -0.1) is 0 Å². The molecule has 1 aromatic rings. The van der Waals surface area contributed by atoms with Crippen LogP contribution in [0.1, 0.15) is 19.4 Å². The number of para-hydroxylation sites is 1. The Morgan fingerprint density at radius 1 is 1.50 bits per heavy atom. The molecule has 0 spiro atoms. The summed E-state index contributed by atoms with van der Waals surface area (Å²) in [6.07, 6.45) is 0. The van der Waals surface area contributed by atoms with Gasteiger partial charge in [0.25, 0.3) is 0 Å². The molecule has 1 amide bonds. The van der Waals surface area contributed by atoms with Crippen LogP contribution in [0, 0.1) is 17.2 Å². The molecule has 0 fully saturated rings. The van der Waals surface area contributed by atoms with Gasteiger partial charge in [-0.05, 0) is 18.1 Å². The summed E-state index contributed by atoms with van der Waals surface area (Å²) in [5.41, 5.74) is 0.931. The predicted molar refractivity (Wildman–Crippen MR) is 72.5 cm³/mol. The SMILES string of the molecule is CC(C)CNC(=O)CNc1c(Cl)cccc1C#N. The molecule has 0 aliphatic rings. The fourth-order valence-electron chi connectivity index (χ4n) is 1.35. The van der Waals surface area contributed by atoms with Crippen LogP contribution in [-0.2, 0) is 4.79 Å². The van der Waals surface area contributed by atoms with E-state index in [1.165, 1.54) is 0 Å². The van der Waals surface area contributed by atoms with Crippen LogP contribution in [0.15, 0.2) is 18.2 Å². The molecule has 4 nitrogen and oxygen atoms in total. The third kappa shape index (κ3) is 4.27. The number of anilines is 1. The van der Waals surface area contributed by atoms with Gasteiger partial charge in [-0.25, -0.2) is 0 Å². The van der Waals surface area contributed by atoms with Crippen molar-refractivity contribution in [1.29, 1.82) is 5.26 Å². The number of nitrogens with zero attached hydrogens (tertiary/aromatic N) is 1. The molecule has 0 aromatic heterocycles. The van der Waals surface area contributed by atoms with Crippen LogP contribution in [-0.4, -0.2) is 19.0 Å². The van der Waals surface area contributed by atoms with Crippen LogP contribution in [0.25, 0.3) is 0 Å². The number of benzene rings is 1. The molecule has 18 heavy (non-hydrogen) atoms. The molecular formula is C13H16ClN3O. The van der Waals surface area contributed by atoms with Crippen LogP contribution in [0.4, 0.5) is 5.69 Å². The maximum Gasteiger partial charge on any atom is 0.239 e. The van der Waals surface area contributed by atoms with Gasteiger partial charge in [-0.3, -0.25) is 4.79 Å². The van der Waals surface area contributed by atoms with Crippen LogP contribution < -0.4 is 10.6 Å². The molecule has 5 heteroatoms. The van der Waals surface area contributed by atoms with E-state index in [1.54, 1.807) is 18.2 Å². The summed E-state index contributed by atoms with van der Waals surface area (Å²) in [5.74, 6) is 0.288. The first-order valence-electron chi connectivity index (χ1n) is 5.73. The van der Waals surface area contributed by atoms with Crippen LogP contribution in [0.5, 0.6) is 0 Å². The molecule has 96 valence electrons. The van der Waals surface area contributed by atoms with E-state index in [0.717, 1.165) is 0 Å². The fraction of sp³-hybridized carbons (Fsp3) is 0.385. The van der Waals surface area contributed by atoms with E-state index in [0.29, 0.717) is 28.7 Å². The minimum Gasteiger partial charge on any atom is -0.374 e. The maximum atomic E-state index is 11.5. The van der Waals surface area contributed by atoms with Gasteiger partial charge in [0.1, 0.15) is 6.07 Å². The standard InChI is InChI=1S/C13H16ClN3O/c1-9(2)7-16-12(18)8-17-13-10(6-15)4-3-5-11(13)14/h3-5,9,17H,7-8H2,1-2H3,(H,16,18). The van der Waals surface area contributed by atoms with Crippen molar-refractivity contribution in [2.24, 2.45) is 5.92 Å². The number of carbonyl (C=O) groups is 1. The lowest BCUT2D eigenvalue weighted by Gasteiger charge is -2.11. The minimum atomic E-state index is -0.118. The summed E-state index contributed by atoms with van der Waals surface area (Å²) in [6.45, 7) is 4.78. The van der Waals surface area contributed by atoms with Gasteiger partial charge in [0.05, 0.1) is 22.8 Å². The average Bonchev–Trinajstić information content (AvgIpc) is 2.34. The molecule has 0 saturated heterocycles. The quantitative estimate of drug-likeness (QED) is 0.859. The highest BCUT2D eigenvalue weighted by Gasteiger charge is 2.08. The second-order valence-corrected chi connectivity index (χ2v) is 4.73. The van der Waals surface area contributed by atoms with Gasteiger partial charge in [0.2, 0.25) is 5.91 Å². The van der Waals surface area contributed by atoms with E-state index in [9.17, 15) is 4.79 Å². The van der Waals surface area contributed by atoms with Crippen molar-refractivity contribution in [3.63, 3.8) is 0 Å². The van der Waals surface area contributed by atoms with E-state index < -0.39 is 0 Å². The Morgan fingerprint density at radius 3 is 2.83 bits per heavy atom. The highest BCUT2D eigenvalue weighted by atomic mass is 35.5. The van der Waals surface area contributed by atoms with Crippen LogP contribution in [0.2, 0.25) is 5.02 Å². The number of halogens is 1. The van der Waals surface area contributed by atoms with Gasteiger partial charge in [0, 0.05) is 6.54 Å². The number of nitriles is 1. The molecule has 0 aliphatic heterocycles. The maximum absolute atomic E-state index is 11.5. The summed E-state index contributed by atoms with van der Waals surface area (Å²) < 4.78 is 0. The smallest absolute Gasteiger partial charge is 0.239 e. The largest absolute Gasteiger partial charge is 0.374 e. The van der Waals surface area contributed by atoms with Gasteiger partial charge >= 0.3 is 0 Å². The van der Waals surface area contributed by atoms with Gasteiger partial charge < -0.3 is 10.6 Å². The zero-order chi connectivity index (χ0) is 13.5. The number of amides is 1. The molecule has 0 bridgehead atoms. The number of carbonyl (C=O) groups excluding carboxylic acids is 1. The van der Waals surface area contributed by atoms with E-state index >= 15 is 0 Å². The van der Waals surface area contributed by atoms with Crippen molar-refractivity contribution in [2.45, 2.75) is 13.8 Å². The Balaban J connectivity index is 2.59. The van der Waals surface area contributed by atoms with Gasteiger partial charge in [-0.2, -0.15) is 5.26 Å². The molecule has 1 aromatic carbocycles. The average molecular weight is 266 g/mol. The van der Waals surface area contributed by atoms with Crippen molar-refractivity contribution in [3.05, 3.63) is 28.8 Å². The summed E-state index contributed by atoms with van der Waals surface area (Å²) in [7, 11) is 0. The summed E-state index contributed by atoms with van der Waals surface area (Å²) in [4.78, 5) is 11.5. The summed E-state index contributed by atoms with van der Waals surface area (Å²) >= 11 is 5.97. The van der Waals surface area contributed by atoms with E-state index in [4.69, 9.17) is 16.9 Å². The lowest BCUT2D eigenvalue weighted by atomic mass is 10.2. The van der Waals surface area contributed by atoms with Crippen molar-refractivity contribution in [2.75, 3.05) is 18.4 Å². The highest BCUT2D eigenvalue weighted by Crippen LogP contribution is 2.24. The lowest BCUT2D eigenvalue weighted by Crippen LogP contribution is -2.32. The summed E-state index contributed by atoms with van der Waals surface area (Å²) in [5, 5.41) is 15.0. The topological polar surface area (TPSA) is 64.9 Å². The van der Waals surface area contributed by atoms with Crippen LogP contribution >= 0.6 is 11.6 Å². The van der Waals surface area contributed by atoms with E-state index in [1.807, 2.05) is 19.9 Å². The normalized spacial score (nSPS) is 9.94. The number of nitrogens with one attached hydrogen (secondary N) is 2. The third-order valence-electron chi connectivity index (χ3n) is 2.27. The number of hydrogen-bond acceptors (Lipinski definition) is 3. The first-order valence-corrected chi connectivity index (χ1v) is 6.11. The van der Waals surface area contributed by atoms with Crippen molar-refractivity contribution in [1.82, 2.24) is 5.32 Å². The first kappa shape index (κ1) is 14.3. The van der Waals surface area contributed by atoms with Crippen molar-refractivity contribution >= 4 is 23.2 Å². The Kier molecular flexibility index (Phi) is 5.47. The predicted octanol–water partition coefficient (Wildman–Crippen LogP) is 2.40. The molecule has 0 aliphatic carbocycles. The monoisotopic (exact) mass is 265 g/mol.